The zero-order valence-corrected chi connectivity index (χ0v) is 6.40. The first-order chi connectivity index (χ1) is 1.41. The van der Waals surface area contributed by atoms with Gasteiger partial charge in [-0.2, -0.15) is 9.59 Å². The first-order valence-corrected chi connectivity index (χ1v) is 0.408. The minimum atomic E-state index is 0. The zero-order chi connectivity index (χ0) is 2.71. The fourth-order valence-corrected chi connectivity index (χ4v) is 0. The fraction of sp³-hybridized carbons (Fsp3) is 0. The van der Waals surface area contributed by atoms with E-state index in [1.54, 1.807) is 0 Å². The van der Waals surface area contributed by atoms with Gasteiger partial charge in [-0.05, 0) is 0 Å². The summed E-state index contributed by atoms with van der Waals surface area (Å²) < 4.78 is 0. The van der Waals surface area contributed by atoms with Gasteiger partial charge >= 0.3 is 6.15 Å². The van der Waals surface area contributed by atoms with Crippen molar-refractivity contribution in [3.63, 3.8) is 0 Å². The Bertz CT molecular complexity index is 30.6. The molecule has 0 aromatic heterocycles. The molecule has 7 radical (unpaired) electrons. The van der Waals surface area contributed by atoms with Crippen molar-refractivity contribution in [2.45, 2.75) is 0 Å². The summed E-state index contributed by atoms with van der Waals surface area (Å²) in [4.78, 5) is 16.2. The van der Waals surface area contributed by atoms with Crippen LogP contribution in [-0.4, -0.2) is 47.4 Å². The van der Waals surface area contributed by atoms with Crippen molar-refractivity contribution in [2.24, 2.45) is 0 Å². The SMILES string of the molecule is O=C=O.[Al].[Sn]. The number of hydrogen-bond acceptors (Lipinski definition) is 2. The molecule has 0 aliphatic carbocycles. The van der Waals surface area contributed by atoms with Crippen molar-refractivity contribution in [1.29, 1.82) is 0 Å². The molecule has 0 bridgehead atoms. The molecular weight excluding hydrogens is 190 g/mol. The molecule has 0 aromatic rings. The van der Waals surface area contributed by atoms with Crippen molar-refractivity contribution >= 4 is 47.4 Å². The van der Waals surface area contributed by atoms with Crippen LogP contribution < -0.4 is 0 Å². The van der Waals surface area contributed by atoms with Crippen molar-refractivity contribution in [1.82, 2.24) is 0 Å². The van der Waals surface area contributed by atoms with Crippen LogP contribution in [0.5, 0.6) is 0 Å². The van der Waals surface area contributed by atoms with E-state index >= 15 is 0 Å². The Morgan fingerprint density at radius 3 is 1.20 bits per heavy atom. The third-order valence-corrected chi connectivity index (χ3v) is 0. The van der Waals surface area contributed by atoms with E-state index in [1.807, 2.05) is 0 Å². The third-order valence-electron chi connectivity index (χ3n) is 0. The van der Waals surface area contributed by atoms with Crippen LogP contribution in [0.25, 0.3) is 0 Å². The molecule has 0 fully saturated rings. The van der Waals surface area contributed by atoms with Crippen LogP contribution in [0.15, 0.2) is 0 Å². The minimum absolute atomic E-state index is 0. The zero-order valence-electron chi connectivity index (χ0n) is 2.39. The summed E-state index contributed by atoms with van der Waals surface area (Å²) in [6.45, 7) is 0. The van der Waals surface area contributed by atoms with Crippen LogP contribution in [0.3, 0.4) is 0 Å². The van der Waals surface area contributed by atoms with Crippen LogP contribution >= 0.6 is 0 Å². The van der Waals surface area contributed by atoms with E-state index < -0.39 is 0 Å². The third kappa shape index (κ3) is 68.5. The average molecular weight is 190 g/mol. The first-order valence-electron chi connectivity index (χ1n) is 0.408. The maximum atomic E-state index is 8.12. The second-order valence-corrected chi connectivity index (χ2v) is 0.0833. The summed E-state index contributed by atoms with van der Waals surface area (Å²) in [5.41, 5.74) is 0. The molecule has 0 heterocycles. The maximum Gasteiger partial charge on any atom is 0.373 e. The molecule has 0 amide bonds. The molecule has 2 nitrogen and oxygen atoms in total. The summed E-state index contributed by atoms with van der Waals surface area (Å²) >= 11 is 0. The van der Waals surface area contributed by atoms with Gasteiger partial charge in [-0.3, -0.25) is 0 Å². The van der Waals surface area contributed by atoms with Crippen molar-refractivity contribution in [2.75, 3.05) is 0 Å². The van der Waals surface area contributed by atoms with Crippen LogP contribution in [-0.2, 0) is 9.59 Å². The molecule has 0 saturated heterocycles. The Labute approximate surface area is 57.0 Å². The second kappa shape index (κ2) is 22.2. The van der Waals surface area contributed by atoms with Crippen LogP contribution in [0.2, 0.25) is 0 Å². The molecular formula is CAlO2Sn. The second-order valence-electron chi connectivity index (χ2n) is 0.0833. The van der Waals surface area contributed by atoms with E-state index in [0.717, 1.165) is 0 Å². The molecule has 0 atom stereocenters. The van der Waals surface area contributed by atoms with Crippen LogP contribution in [0.4, 0.5) is 0 Å². The van der Waals surface area contributed by atoms with E-state index in [0.29, 0.717) is 0 Å². The minimum Gasteiger partial charge on any atom is -0.186 e. The largest absolute Gasteiger partial charge is 0.373 e. The molecule has 5 heavy (non-hydrogen) atoms. The van der Waals surface area contributed by atoms with Crippen LogP contribution in [0, 0.1) is 0 Å². The predicted octanol–water partition coefficient (Wildman–Crippen LogP) is -1.35. The van der Waals surface area contributed by atoms with Crippen molar-refractivity contribution in [3.05, 3.63) is 0 Å². The van der Waals surface area contributed by atoms with Gasteiger partial charge in [0.05, 0.1) is 0 Å². The smallest absolute Gasteiger partial charge is 0.186 e. The molecule has 0 aliphatic heterocycles. The topological polar surface area (TPSA) is 34.1 Å². The quantitative estimate of drug-likeness (QED) is 0.442. The van der Waals surface area contributed by atoms with Gasteiger partial charge in [0, 0.05) is 41.3 Å². The molecule has 0 rings (SSSR count). The standard InChI is InChI=1S/CO2.Al.Sn/c2-1-3;;. The van der Waals surface area contributed by atoms with E-state index in [4.69, 9.17) is 9.59 Å². The maximum absolute atomic E-state index is 8.12. The van der Waals surface area contributed by atoms with Gasteiger partial charge in [0.2, 0.25) is 0 Å². The van der Waals surface area contributed by atoms with Crippen LogP contribution in [0.1, 0.15) is 0 Å². The summed E-state index contributed by atoms with van der Waals surface area (Å²) in [5, 5.41) is 0. The Balaban J connectivity index is -0.0000000200. The molecule has 0 spiro atoms. The number of rotatable bonds is 0. The van der Waals surface area contributed by atoms with E-state index in [1.165, 1.54) is 0 Å². The summed E-state index contributed by atoms with van der Waals surface area (Å²) in [6, 6.07) is 0. The Kier molecular flexibility index (Phi) is 76.4. The van der Waals surface area contributed by atoms with Gasteiger partial charge in [-0.1, -0.05) is 0 Å². The first kappa shape index (κ1) is 17.2. The number of carbonyl (C=O) groups excluding carboxylic acids is 2. The Hall–Kier alpha value is 0.711. The van der Waals surface area contributed by atoms with Gasteiger partial charge < -0.3 is 0 Å². The van der Waals surface area contributed by atoms with Gasteiger partial charge in [0.1, 0.15) is 0 Å². The Morgan fingerprint density at radius 1 is 1.20 bits per heavy atom. The summed E-state index contributed by atoms with van der Waals surface area (Å²) in [7, 11) is 0. The number of hydrogen-bond donors (Lipinski definition) is 0. The molecule has 4 heteroatoms. The van der Waals surface area contributed by atoms with Gasteiger partial charge in [-0.25, -0.2) is 0 Å². The summed E-state index contributed by atoms with van der Waals surface area (Å²) in [6.07, 6.45) is 0.250. The van der Waals surface area contributed by atoms with Gasteiger partial charge in [0.25, 0.3) is 0 Å². The van der Waals surface area contributed by atoms with Crippen molar-refractivity contribution in [3.8, 4) is 0 Å². The van der Waals surface area contributed by atoms with Gasteiger partial charge in [0.15, 0.2) is 0 Å². The monoisotopic (exact) mass is 191 g/mol. The predicted molar refractivity (Wildman–Crippen MR) is 16.5 cm³/mol. The van der Waals surface area contributed by atoms with Crippen molar-refractivity contribution < 1.29 is 9.59 Å². The summed E-state index contributed by atoms with van der Waals surface area (Å²) in [5.74, 6) is 0. The molecule has 0 unspecified atom stereocenters. The Morgan fingerprint density at radius 2 is 1.20 bits per heavy atom. The average Bonchev–Trinajstić information content (AvgIpc) is 0.918. The molecule has 0 aliphatic rings. The van der Waals surface area contributed by atoms with Gasteiger partial charge in [-0.15, -0.1) is 0 Å². The molecule has 0 saturated carbocycles. The molecule has 0 aromatic carbocycles. The normalized spacial score (nSPS) is 1.60. The molecule has 23 valence electrons. The van der Waals surface area contributed by atoms with E-state index in [9.17, 15) is 0 Å². The fourth-order valence-electron chi connectivity index (χ4n) is 0. The van der Waals surface area contributed by atoms with E-state index in [2.05, 4.69) is 0 Å². The molecule has 0 N–H and O–H groups in total. The van der Waals surface area contributed by atoms with E-state index in [-0.39, 0.29) is 47.4 Å².